The molecule has 0 radical (unpaired) electrons. The van der Waals surface area contributed by atoms with Crippen molar-refractivity contribution in [2.24, 2.45) is 0 Å². The fraction of sp³-hybridized carbons (Fsp3) is 0.375. The van der Waals surface area contributed by atoms with Gasteiger partial charge in [0.25, 0.3) is 0 Å². The Morgan fingerprint density at radius 2 is 1.55 bits per heavy atom. The monoisotopic (exact) mass is 593 g/mol. The van der Waals surface area contributed by atoms with Crippen molar-refractivity contribution in [3.05, 3.63) is 102 Å². The van der Waals surface area contributed by atoms with E-state index in [2.05, 4.69) is 5.32 Å². The highest BCUT2D eigenvalue weighted by Crippen LogP contribution is 2.19. The van der Waals surface area contributed by atoms with Gasteiger partial charge in [0.1, 0.15) is 11.8 Å². The lowest BCUT2D eigenvalue weighted by molar-refractivity contribution is -0.141. The molecule has 0 unspecified atom stereocenters. The van der Waals surface area contributed by atoms with Crippen LogP contribution in [0, 0.1) is 0 Å². The van der Waals surface area contributed by atoms with E-state index in [0.29, 0.717) is 18.9 Å². The standard InChI is InChI=1S/C32H39N3O6S/c1-40-28-17-15-27(16-18-28)23-35(31(36)24-34(42(2,38)39)22-26-12-7-4-8-13-26)30(20-25-10-5-3-6-11-25)32(37)33-21-29-14-9-19-41-29/h3-8,10-13,15-18,29-30H,9,14,19-24H2,1-2H3,(H,33,37)/t29-,30+/m0/s1. The summed E-state index contributed by atoms with van der Waals surface area (Å²) >= 11 is 0. The van der Waals surface area contributed by atoms with E-state index < -0.39 is 28.5 Å². The van der Waals surface area contributed by atoms with E-state index in [0.717, 1.165) is 40.1 Å². The second-order valence-electron chi connectivity index (χ2n) is 10.5. The van der Waals surface area contributed by atoms with Crippen molar-refractivity contribution in [1.29, 1.82) is 0 Å². The van der Waals surface area contributed by atoms with E-state index in [1.807, 2.05) is 72.8 Å². The number of ether oxygens (including phenoxy) is 2. The van der Waals surface area contributed by atoms with E-state index in [1.165, 1.54) is 4.90 Å². The number of carbonyl (C=O) groups excluding carboxylic acids is 2. The zero-order chi connectivity index (χ0) is 30.0. The average molecular weight is 594 g/mol. The average Bonchev–Trinajstić information content (AvgIpc) is 3.52. The second-order valence-corrected chi connectivity index (χ2v) is 12.5. The molecule has 1 aliphatic heterocycles. The van der Waals surface area contributed by atoms with Gasteiger partial charge in [0.05, 0.1) is 26.0 Å². The van der Waals surface area contributed by atoms with Gasteiger partial charge in [-0.25, -0.2) is 8.42 Å². The third-order valence-electron chi connectivity index (χ3n) is 7.29. The normalized spacial score (nSPS) is 15.7. The van der Waals surface area contributed by atoms with Gasteiger partial charge in [0, 0.05) is 32.7 Å². The molecule has 3 aromatic rings. The minimum atomic E-state index is -3.75. The first-order valence-electron chi connectivity index (χ1n) is 14.1. The number of sulfonamides is 1. The quantitative estimate of drug-likeness (QED) is 0.307. The summed E-state index contributed by atoms with van der Waals surface area (Å²) in [5.41, 5.74) is 2.42. The molecular formula is C32H39N3O6S. The van der Waals surface area contributed by atoms with Gasteiger partial charge in [-0.15, -0.1) is 0 Å². The first-order chi connectivity index (χ1) is 20.2. The maximum Gasteiger partial charge on any atom is 0.243 e. The minimum Gasteiger partial charge on any atom is -0.497 e. The molecule has 1 fully saturated rings. The second kappa shape index (κ2) is 14.9. The third kappa shape index (κ3) is 9.14. The molecule has 1 aliphatic rings. The Bertz CT molecular complexity index is 1400. The van der Waals surface area contributed by atoms with E-state index >= 15 is 0 Å². The Morgan fingerprint density at radius 1 is 0.929 bits per heavy atom. The molecule has 224 valence electrons. The van der Waals surface area contributed by atoms with Crippen LogP contribution < -0.4 is 10.1 Å². The molecule has 2 amide bonds. The highest BCUT2D eigenvalue weighted by Gasteiger charge is 2.33. The first-order valence-corrected chi connectivity index (χ1v) is 15.9. The molecule has 0 aromatic heterocycles. The summed E-state index contributed by atoms with van der Waals surface area (Å²) < 4.78 is 37.8. The molecule has 0 bridgehead atoms. The van der Waals surface area contributed by atoms with Gasteiger partial charge < -0.3 is 19.7 Å². The summed E-state index contributed by atoms with van der Waals surface area (Å²) in [7, 11) is -2.17. The molecule has 3 aromatic carbocycles. The molecule has 0 spiro atoms. The molecule has 2 atom stereocenters. The van der Waals surface area contributed by atoms with Crippen molar-refractivity contribution in [3.63, 3.8) is 0 Å². The lowest BCUT2D eigenvalue weighted by Crippen LogP contribution is -2.53. The van der Waals surface area contributed by atoms with Crippen LogP contribution in [0.25, 0.3) is 0 Å². The maximum atomic E-state index is 14.1. The summed E-state index contributed by atoms with van der Waals surface area (Å²) in [4.78, 5) is 29.4. The van der Waals surface area contributed by atoms with Crippen molar-refractivity contribution in [2.75, 3.05) is 33.1 Å². The van der Waals surface area contributed by atoms with Crippen LogP contribution in [-0.2, 0) is 43.9 Å². The Hall–Kier alpha value is -3.73. The SMILES string of the molecule is COc1ccc(CN(C(=O)CN(Cc2ccccc2)S(C)(=O)=O)[C@H](Cc2ccccc2)C(=O)NC[C@@H]2CCCO2)cc1. The Kier molecular flexibility index (Phi) is 11.1. The summed E-state index contributed by atoms with van der Waals surface area (Å²) in [6.07, 6.45) is 3.09. The Labute approximate surface area is 248 Å². The van der Waals surface area contributed by atoms with E-state index in [9.17, 15) is 18.0 Å². The van der Waals surface area contributed by atoms with Crippen LogP contribution in [-0.4, -0.2) is 74.6 Å². The summed E-state index contributed by atoms with van der Waals surface area (Å²) in [6.45, 7) is 0.748. The summed E-state index contributed by atoms with van der Waals surface area (Å²) in [5, 5.41) is 3.00. The van der Waals surface area contributed by atoms with Crippen molar-refractivity contribution in [1.82, 2.24) is 14.5 Å². The van der Waals surface area contributed by atoms with E-state index in [1.54, 1.807) is 19.2 Å². The molecule has 4 rings (SSSR count). The Morgan fingerprint density at radius 3 is 2.12 bits per heavy atom. The number of carbonyl (C=O) groups is 2. The Balaban J connectivity index is 1.65. The van der Waals surface area contributed by atoms with E-state index in [-0.39, 0.29) is 31.5 Å². The van der Waals surface area contributed by atoms with Crippen molar-refractivity contribution in [2.45, 2.75) is 44.5 Å². The van der Waals surface area contributed by atoms with Crippen molar-refractivity contribution >= 4 is 21.8 Å². The molecule has 42 heavy (non-hydrogen) atoms. The van der Waals surface area contributed by atoms with Gasteiger partial charge in [-0.05, 0) is 41.7 Å². The highest BCUT2D eigenvalue weighted by molar-refractivity contribution is 7.88. The highest BCUT2D eigenvalue weighted by atomic mass is 32.2. The smallest absolute Gasteiger partial charge is 0.243 e. The van der Waals surface area contributed by atoms with Crippen LogP contribution in [0.5, 0.6) is 5.75 Å². The van der Waals surface area contributed by atoms with Crippen molar-refractivity contribution < 1.29 is 27.5 Å². The van der Waals surface area contributed by atoms with Crippen LogP contribution in [0.3, 0.4) is 0 Å². The third-order valence-corrected chi connectivity index (χ3v) is 8.49. The zero-order valence-electron chi connectivity index (χ0n) is 24.1. The number of amides is 2. The van der Waals surface area contributed by atoms with Gasteiger partial charge in [0.2, 0.25) is 21.8 Å². The number of nitrogens with one attached hydrogen (secondary N) is 1. The topological polar surface area (TPSA) is 105 Å². The van der Waals surface area contributed by atoms with Crippen molar-refractivity contribution in [3.8, 4) is 5.75 Å². The molecule has 0 aliphatic carbocycles. The van der Waals surface area contributed by atoms with Gasteiger partial charge >= 0.3 is 0 Å². The largest absolute Gasteiger partial charge is 0.497 e. The van der Waals surface area contributed by atoms with Crippen LogP contribution in [0.1, 0.15) is 29.5 Å². The van der Waals surface area contributed by atoms with Gasteiger partial charge in [-0.1, -0.05) is 72.8 Å². The number of hydrogen-bond donors (Lipinski definition) is 1. The predicted octanol–water partition coefficient (Wildman–Crippen LogP) is 3.39. The number of rotatable bonds is 14. The van der Waals surface area contributed by atoms with Crippen LogP contribution >= 0.6 is 0 Å². The predicted molar refractivity (Wildman–Crippen MR) is 161 cm³/mol. The molecule has 10 heteroatoms. The molecule has 0 saturated carbocycles. The minimum absolute atomic E-state index is 0.0381. The molecule has 1 heterocycles. The number of hydrogen-bond acceptors (Lipinski definition) is 6. The van der Waals surface area contributed by atoms with E-state index in [4.69, 9.17) is 9.47 Å². The molecule has 1 N–H and O–H groups in total. The molecular weight excluding hydrogens is 554 g/mol. The van der Waals surface area contributed by atoms with Gasteiger partial charge in [0.15, 0.2) is 0 Å². The number of methoxy groups -OCH3 is 1. The molecule has 1 saturated heterocycles. The van der Waals surface area contributed by atoms with Crippen LogP contribution in [0.15, 0.2) is 84.9 Å². The lowest BCUT2D eigenvalue weighted by Gasteiger charge is -2.33. The number of nitrogens with zero attached hydrogens (tertiary/aromatic N) is 2. The summed E-state index contributed by atoms with van der Waals surface area (Å²) in [6, 6.07) is 25.0. The lowest BCUT2D eigenvalue weighted by atomic mass is 10.0. The molecule has 9 nitrogen and oxygen atoms in total. The zero-order valence-corrected chi connectivity index (χ0v) is 25.0. The fourth-order valence-electron chi connectivity index (χ4n) is 4.94. The number of benzene rings is 3. The fourth-order valence-corrected chi connectivity index (χ4v) is 5.67. The maximum absolute atomic E-state index is 14.1. The van der Waals surface area contributed by atoms with Crippen LogP contribution in [0.2, 0.25) is 0 Å². The van der Waals surface area contributed by atoms with Gasteiger partial charge in [-0.2, -0.15) is 4.31 Å². The van der Waals surface area contributed by atoms with Crippen LogP contribution in [0.4, 0.5) is 0 Å². The summed E-state index contributed by atoms with van der Waals surface area (Å²) in [5.74, 6) is -0.122. The van der Waals surface area contributed by atoms with Gasteiger partial charge in [-0.3, -0.25) is 9.59 Å². The first kappa shape index (κ1) is 31.2.